The molecule has 0 radical (unpaired) electrons. The summed E-state index contributed by atoms with van der Waals surface area (Å²) in [6, 6.07) is 9.43. The van der Waals surface area contributed by atoms with E-state index in [1.807, 2.05) is 29.0 Å². The van der Waals surface area contributed by atoms with Crippen molar-refractivity contribution in [3.05, 3.63) is 53.2 Å². The summed E-state index contributed by atoms with van der Waals surface area (Å²) < 4.78 is 20.0. The Balaban J connectivity index is 1.46. The summed E-state index contributed by atoms with van der Waals surface area (Å²) in [5.74, 6) is -0.513. The number of rotatable bonds is 9. The lowest BCUT2D eigenvalue weighted by Crippen LogP contribution is -2.31. The van der Waals surface area contributed by atoms with Crippen molar-refractivity contribution in [3.63, 3.8) is 0 Å². The SMILES string of the molecule is CCn1c(SCC(=O)OCC(=O)NC(C)c2ccc(F)cc2)nnc1-c1cccs1. The maximum Gasteiger partial charge on any atom is 0.316 e. The van der Waals surface area contributed by atoms with Crippen LogP contribution in [0.5, 0.6) is 0 Å². The average molecular weight is 449 g/mol. The number of amides is 1. The number of hydrogen-bond acceptors (Lipinski definition) is 7. The van der Waals surface area contributed by atoms with E-state index in [-0.39, 0.29) is 24.2 Å². The molecule has 2 heterocycles. The Morgan fingerprint density at radius 3 is 2.70 bits per heavy atom. The third kappa shape index (κ3) is 5.67. The number of nitrogens with zero attached hydrogens (tertiary/aromatic N) is 3. The van der Waals surface area contributed by atoms with Gasteiger partial charge in [0.2, 0.25) is 0 Å². The largest absolute Gasteiger partial charge is 0.455 e. The first-order valence-electron chi connectivity index (χ1n) is 9.28. The van der Waals surface area contributed by atoms with Crippen molar-refractivity contribution in [2.75, 3.05) is 12.4 Å². The average Bonchev–Trinajstić information content (AvgIpc) is 3.40. The molecule has 1 unspecified atom stereocenters. The van der Waals surface area contributed by atoms with Crippen LogP contribution in [0.15, 0.2) is 46.9 Å². The van der Waals surface area contributed by atoms with E-state index < -0.39 is 11.9 Å². The molecule has 3 rings (SSSR count). The first-order chi connectivity index (χ1) is 14.5. The summed E-state index contributed by atoms with van der Waals surface area (Å²) in [6.45, 7) is 4.04. The number of halogens is 1. The Labute approximate surface area is 181 Å². The van der Waals surface area contributed by atoms with Crippen LogP contribution in [-0.2, 0) is 20.9 Å². The molecule has 0 fully saturated rings. The first kappa shape index (κ1) is 22.0. The zero-order valence-electron chi connectivity index (χ0n) is 16.5. The number of aromatic nitrogens is 3. The van der Waals surface area contributed by atoms with Crippen LogP contribution in [0, 0.1) is 5.82 Å². The molecule has 0 aliphatic heterocycles. The normalized spacial score (nSPS) is 11.8. The highest BCUT2D eigenvalue weighted by molar-refractivity contribution is 7.99. The molecule has 158 valence electrons. The summed E-state index contributed by atoms with van der Waals surface area (Å²) in [5, 5.41) is 13.7. The monoisotopic (exact) mass is 448 g/mol. The van der Waals surface area contributed by atoms with Crippen LogP contribution >= 0.6 is 23.1 Å². The van der Waals surface area contributed by atoms with Gasteiger partial charge in [-0.2, -0.15) is 0 Å². The van der Waals surface area contributed by atoms with Gasteiger partial charge in [0.1, 0.15) is 5.82 Å². The Hall–Kier alpha value is -2.72. The van der Waals surface area contributed by atoms with E-state index in [0.29, 0.717) is 11.7 Å². The molecule has 1 atom stereocenters. The minimum Gasteiger partial charge on any atom is -0.455 e. The topological polar surface area (TPSA) is 86.1 Å². The van der Waals surface area contributed by atoms with Gasteiger partial charge >= 0.3 is 5.97 Å². The molecular weight excluding hydrogens is 427 g/mol. The number of thiophene rings is 1. The number of benzene rings is 1. The minimum atomic E-state index is -0.520. The first-order valence-corrected chi connectivity index (χ1v) is 11.1. The van der Waals surface area contributed by atoms with Crippen LogP contribution in [0.1, 0.15) is 25.5 Å². The maximum absolute atomic E-state index is 13.0. The van der Waals surface area contributed by atoms with E-state index in [1.165, 1.54) is 23.9 Å². The second kappa shape index (κ2) is 10.4. The van der Waals surface area contributed by atoms with Crippen LogP contribution in [-0.4, -0.2) is 39.0 Å². The molecule has 0 aliphatic carbocycles. The summed E-state index contributed by atoms with van der Waals surface area (Å²) in [6.07, 6.45) is 0. The molecule has 2 aromatic heterocycles. The molecule has 0 aliphatic rings. The van der Waals surface area contributed by atoms with E-state index in [4.69, 9.17) is 4.74 Å². The predicted octanol–water partition coefficient (Wildman–Crippen LogP) is 3.68. The fourth-order valence-corrected chi connectivity index (χ4v) is 4.22. The molecular formula is C20H21FN4O3S2. The summed E-state index contributed by atoms with van der Waals surface area (Å²) in [4.78, 5) is 25.0. The lowest BCUT2D eigenvalue weighted by molar-refractivity contribution is -0.146. The zero-order valence-corrected chi connectivity index (χ0v) is 18.1. The molecule has 0 saturated heterocycles. The van der Waals surface area contributed by atoms with Crippen LogP contribution < -0.4 is 5.32 Å². The molecule has 0 spiro atoms. The highest BCUT2D eigenvalue weighted by atomic mass is 32.2. The fourth-order valence-electron chi connectivity index (χ4n) is 2.70. The number of nitrogens with one attached hydrogen (secondary N) is 1. The molecule has 10 heteroatoms. The Bertz CT molecular complexity index is 990. The van der Waals surface area contributed by atoms with E-state index in [9.17, 15) is 14.0 Å². The lowest BCUT2D eigenvalue weighted by Gasteiger charge is -2.14. The van der Waals surface area contributed by atoms with Crippen molar-refractivity contribution in [2.45, 2.75) is 31.6 Å². The van der Waals surface area contributed by atoms with Crippen LogP contribution in [0.3, 0.4) is 0 Å². The Morgan fingerprint density at radius 1 is 1.27 bits per heavy atom. The molecule has 1 N–H and O–H groups in total. The number of carbonyl (C=O) groups excluding carboxylic acids is 2. The van der Waals surface area contributed by atoms with Crippen molar-refractivity contribution in [3.8, 4) is 10.7 Å². The van der Waals surface area contributed by atoms with Crippen molar-refractivity contribution in [2.24, 2.45) is 0 Å². The van der Waals surface area contributed by atoms with Gasteiger partial charge in [0.15, 0.2) is 17.6 Å². The van der Waals surface area contributed by atoms with Gasteiger partial charge in [-0.25, -0.2) is 4.39 Å². The molecule has 1 aromatic carbocycles. The second-order valence-electron chi connectivity index (χ2n) is 6.32. The van der Waals surface area contributed by atoms with E-state index in [1.54, 1.807) is 30.4 Å². The van der Waals surface area contributed by atoms with E-state index in [0.717, 1.165) is 16.3 Å². The predicted molar refractivity (Wildman–Crippen MR) is 114 cm³/mol. The molecule has 7 nitrogen and oxygen atoms in total. The summed E-state index contributed by atoms with van der Waals surface area (Å²) in [5.41, 5.74) is 0.757. The lowest BCUT2D eigenvalue weighted by atomic mass is 10.1. The quantitative estimate of drug-likeness (QED) is 0.397. The van der Waals surface area contributed by atoms with Gasteiger partial charge in [0.25, 0.3) is 5.91 Å². The number of carbonyl (C=O) groups is 2. The number of hydrogen-bond donors (Lipinski definition) is 1. The minimum absolute atomic E-state index is 0.0172. The number of thioether (sulfide) groups is 1. The third-order valence-electron chi connectivity index (χ3n) is 4.21. The zero-order chi connectivity index (χ0) is 21.5. The van der Waals surface area contributed by atoms with Crippen molar-refractivity contribution in [1.29, 1.82) is 0 Å². The summed E-state index contributed by atoms with van der Waals surface area (Å²) >= 11 is 2.78. The summed E-state index contributed by atoms with van der Waals surface area (Å²) in [7, 11) is 0. The Kier molecular flexibility index (Phi) is 7.58. The van der Waals surface area contributed by atoms with Crippen molar-refractivity contribution >= 4 is 35.0 Å². The molecule has 0 bridgehead atoms. The number of ether oxygens (including phenoxy) is 1. The van der Waals surface area contributed by atoms with Crippen LogP contribution in [0.4, 0.5) is 4.39 Å². The van der Waals surface area contributed by atoms with Gasteiger partial charge < -0.3 is 14.6 Å². The van der Waals surface area contributed by atoms with Gasteiger partial charge in [-0.1, -0.05) is 30.0 Å². The standard InChI is InChI=1S/C20H21FN4O3S2/c1-3-25-19(16-5-4-10-29-16)23-24-20(25)30-12-18(27)28-11-17(26)22-13(2)14-6-8-15(21)9-7-14/h4-10,13H,3,11-12H2,1-2H3,(H,22,26). The smallest absolute Gasteiger partial charge is 0.316 e. The van der Waals surface area contributed by atoms with Crippen LogP contribution in [0.2, 0.25) is 0 Å². The van der Waals surface area contributed by atoms with Gasteiger partial charge in [-0.3, -0.25) is 9.59 Å². The molecule has 3 aromatic rings. The molecule has 1 amide bonds. The third-order valence-corrected chi connectivity index (χ3v) is 6.01. The number of esters is 1. The Morgan fingerprint density at radius 2 is 2.03 bits per heavy atom. The van der Waals surface area contributed by atoms with Gasteiger partial charge in [0, 0.05) is 6.54 Å². The second-order valence-corrected chi connectivity index (χ2v) is 8.21. The van der Waals surface area contributed by atoms with Gasteiger partial charge in [-0.15, -0.1) is 21.5 Å². The van der Waals surface area contributed by atoms with Gasteiger partial charge in [0.05, 0.1) is 16.7 Å². The van der Waals surface area contributed by atoms with Gasteiger partial charge in [-0.05, 0) is 43.0 Å². The molecule has 30 heavy (non-hydrogen) atoms. The highest BCUT2D eigenvalue weighted by Gasteiger charge is 2.17. The van der Waals surface area contributed by atoms with E-state index >= 15 is 0 Å². The maximum atomic E-state index is 13.0. The van der Waals surface area contributed by atoms with Crippen LogP contribution in [0.25, 0.3) is 10.7 Å². The van der Waals surface area contributed by atoms with Crippen molar-refractivity contribution in [1.82, 2.24) is 20.1 Å². The van der Waals surface area contributed by atoms with Crippen molar-refractivity contribution < 1.29 is 18.7 Å². The fraction of sp³-hybridized carbons (Fsp3) is 0.300. The van der Waals surface area contributed by atoms with E-state index in [2.05, 4.69) is 15.5 Å². The molecule has 0 saturated carbocycles. The highest BCUT2D eigenvalue weighted by Crippen LogP contribution is 2.27.